The van der Waals surface area contributed by atoms with E-state index in [0.29, 0.717) is 13.1 Å². The summed E-state index contributed by atoms with van der Waals surface area (Å²) in [7, 11) is -4.67. The van der Waals surface area contributed by atoms with E-state index in [9.17, 15) is 0 Å². The third kappa shape index (κ3) is 75.1. The number of unbranched alkanes of at least 4 members (excludes halogenated alkanes) is 34. The van der Waals surface area contributed by atoms with Crippen LogP contribution in [-0.2, 0) is 10.4 Å². The van der Waals surface area contributed by atoms with Gasteiger partial charge in [0.2, 0.25) is 0 Å². The van der Waals surface area contributed by atoms with Crippen LogP contribution in [0.3, 0.4) is 0 Å². The van der Waals surface area contributed by atoms with E-state index < -0.39 is 23.0 Å². The molecule has 0 bridgehead atoms. The third-order valence-corrected chi connectivity index (χ3v) is 10.1. The summed E-state index contributed by atoms with van der Waals surface area (Å²) < 4.78 is 31.6. The van der Waals surface area contributed by atoms with Crippen molar-refractivity contribution in [2.24, 2.45) is 0 Å². The van der Waals surface area contributed by atoms with Gasteiger partial charge in [-0.2, -0.15) is 8.42 Å². The van der Waals surface area contributed by atoms with Crippen LogP contribution in [-0.4, -0.2) is 76.7 Å². The molecule has 0 rings (SSSR count). The molecule has 0 saturated carbocycles. The molecule has 0 aromatic rings. The highest BCUT2D eigenvalue weighted by Crippen LogP contribution is 2.16. The van der Waals surface area contributed by atoms with Crippen molar-refractivity contribution in [1.82, 2.24) is 10.6 Å². The van der Waals surface area contributed by atoms with E-state index in [1.807, 2.05) is 0 Å². The van der Waals surface area contributed by atoms with Crippen molar-refractivity contribution in [3.05, 3.63) is 0 Å². The molecule has 0 aromatic heterocycles. The van der Waals surface area contributed by atoms with E-state index >= 15 is 0 Å². The van der Waals surface area contributed by atoms with Crippen LogP contribution in [0.25, 0.3) is 0 Å². The molecule has 0 atom stereocenters. The minimum Gasteiger partial charge on any atom is -0.367 e. The van der Waals surface area contributed by atoms with Crippen LogP contribution in [0.4, 0.5) is 0 Å². The number of hydrogen-bond donors (Lipinski definition) is 8. The molecular weight excluding hydrogens is 717 g/mol. The standard InChI is InChI=1S/2C22H47NO2.H2O4S/c2*1-2-3-4-5-6-7-8-9-10-11-12-13-14-15-16-17-18-19-20-23-21-22(24)25;1-5(2,3)4/h2*22-25H,2-21H2,1H3;(H2,1,2,3,4). The van der Waals surface area contributed by atoms with Crippen molar-refractivity contribution in [3.63, 3.8) is 0 Å². The van der Waals surface area contributed by atoms with Crippen LogP contribution in [0.2, 0.25) is 0 Å². The molecular formula is C44H96N2O8S. The summed E-state index contributed by atoms with van der Waals surface area (Å²) in [5.41, 5.74) is 0. The predicted molar refractivity (Wildman–Crippen MR) is 234 cm³/mol. The van der Waals surface area contributed by atoms with Crippen molar-refractivity contribution >= 4 is 10.4 Å². The fourth-order valence-corrected chi connectivity index (χ4v) is 6.77. The van der Waals surface area contributed by atoms with Gasteiger partial charge >= 0.3 is 10.4 Å². The van der Waals surface area contributed by atoms with E-state index in [2.05, 4.69) is 24.5 Å². The van der Waals surface area contributed by atoms with Gasteiger partial charge < -0.3 is 31.1 Å². The van der Waals surface area contributed by atoms with Crippen LogP contribution in [0.15, 0.2) is 0 Å². The van der Waals surface area contributed by atoms with Crippen LogP contribution in [0, 0.1) is 0 Å². The van der Waals surface area contributed by atoms with E-state index in [4.69, 9.17) is 37.9 Å². The molecule has 0 aliphatic carbocycles. The first-order valence-corrected chi connectivity index (χ1v) is 24.8. The van der Waals surface area contributed by atoms with Crippen molar-refractivity contribution in [2.45, 2.75) is 258 Å². The highest BCUT2D eigenvalue weighted by Gasteiger charge is 1.99. The van der Waals surface area contributed by atoms with Gasteiger partial charge in [0.15, 0.2) is 12.6 Å². The van der Waals surface area contributed by atoms with Gasteiger partial charge in [0.1, 0.15) is 0 Å². The van der Waals surface area contributed by atoms with Gasteiger partial charge in [-0.25, -0.2) is 0 Å². The Labute approximate surface area is 341 Å². The lowest BCUT2D eigenvalue weighted by molar-refractivity contribution is -0.0377. The van der Waals surface area contributed by atoms with E-state index in [1.54, 1.807) is 0 Å². The molecule has 0 heterocycles. The molecule has 10 nitrogen and oxygen atoms in total. The van der Waals surface area contributed by atoms with Gasteiger partial charge in [-0.3, -0.25) is 9.11 Å². The Morgan fingerprint density at radius 1 is 0.327 bits per heavy atom. The lowest BCUT2D eigenvalue weighted by atomic mass is 10.0. The second kappa shape index (κ2) is 51.6. The molecule has 0 amide bonds. The molecule has 0 aliphatic rings. The monoisotopic (exact) mass is 813 g/mol. The maximum absolute atomic E-state index is 8.74. The van der Waals surface area contributed by atoms with Gasteiger partial charge in [-0.15, -0.1) is 0 Å². The largest absolute Gasteiger partial charge is 0.394 e. The first kappa shape index (κ1) is 58.9. The van der Waals surface area contributed by atoms with Gasteiger partial charge in [-0.05, 0) is 25.9 Å². The summed E-state index contributed by atoms with van der Waals surface area (Å²) in [5, 5.41) is 40.9. The number of aliphatic hydroxyl groups excluding tert-OH is 2. The molecule has 0 fully saturated rings. The molecule has 0 aromatic carbocycles. The van der Waals surface area contributed by atoms with Gasteiger partial charge in [-0.1, -0.05) is 232 Å². The second-order valence-corrected chi connectivity index (χ2v) is 16.7. The SMILES string of the molecule is CCCCCCCCCCCCCCCCCCCCNCC(O)O.CCCCCCCCCCCCCCCCCCCCNCC(O)O.O=S(=O)(O)O. The van der Waals surface area contributed by atoms with Gasteiger partial charge in [0.25, 0.3) is 0 Å². The molecule has 55 heavy (non-hydrogen) atoms. The summed E-state index contributed by atoms with van der Waals surface area (Å²) in [6, 6.07) is 0. The smallest absolute Gasteiger partial charge is 0.367 e. The highest BCUT2D eigenvalue weighted by molar-refractivity contribution is 7.79. The Kier molecular flexibility index (Phi) is 55.4. The molecule has 0 spiro atoms. The molecule has 8 N–H and O–H groups in total. The number of rotatable bonds is 42. The highest BCUT2D eigenvalue weighted by atomic mass is 32.3. The third-order valence-electron chi connectivity index (χ3n) is 10.1. The molecule has 336 valence electrons. The average Bonchev–Trinajstić information content (AvgIpc) is 3.12. The summed E-state index contributed by atoms with van der Waals surface area (Å²) >= 11 is 0. The summed E-state index contributed by atoms with van der Waals surface area (Å²) in [6.07, 6.45) is 47.9. The van der Waals surface area contributed by atoms with E-state index in [-0.39, 0.29) is 0 Å². The van der Waals surface area contributed by atoms with Crippen molar-refractivity contribution in [1.29, 1.82) is 0 Å². The second-order valence-electron chi connectivity index (χ2n) is 15.8. The minimum absolute atomic E-state index is 0.291. The summed E-state index contributed by atoms with van der Waals surface area (Å²) in [6.45, 7) is 6.95. The first-order chi connectivity index (χ1) is 26.5. The zero-order chi connectivity index (χ0) is 41.4. The maximum atomic E-state index is 8.74. The zero-order valence-electron chi connectivity index (χ0n) is 36.3. The van der Waals surface area contributed by atoms with Crippen LogP contribution < -0.4 is 10.6 Å². The predicted octanol–water partition coefficient (Wildman–Crippen LogP) is 11.2. The molecule has 0 saturated heterocycles. The van der Waals surface area contributed by atoms with E-state index in [0.717, 1.165) is 25.9 Å². The Balaban J connectivity index is -0.000000874. The van der Waals surface area contributed by atoms with Crippen molar-refractivity contribution in [3.8, 4) is 0 Å². The number of nitrogens with one attached hydrogen (secondary N) is 2. The quantitative estimate of drug-likeness (QED) is 0.0168. The topological polar surface area (TPSA) is 180 Å². The van der Waals surface area contributed by atoms with Crippen molar-refractivity contribution < 1.29 is 37.9 Å². The summed E-state index contributed by atoms with van der Waals surface area (Å²) in [5.74, 6) is 0. The number of aliphatic hydroxyl groups is 4. The fraction of sp³-hybridized carbons (Fsp3) is 1.00. The molecule has 11 heteroatoms. The number of hydrogen-bond acceptors (Lipinski definition) is 8. The Hall–Kier alpha value is -0.370. The van der Waals surface area contributed by atoms with Gasteiger partial charge in [0.05, 0.1) is 0 Å². The average molecular weight is 813 g/mol. The van der Waals surface area contributed by atoms with Crippen molar-refractivity contribution in [2.75, 3.05) is 26.2 Å². The molecule has 0 radical (unpaired) electrons. The maximum Gasteiger partial charge on any atom is 0.394 e. The van der Waals surface area contributed by atoms with E-state index in [1.165, 1.54) is 218 Å². The molecule has 0 unspecified atom stereocenters. The lowest BCUT2D eigenvalue weighted by Crippen LogP contribution is -2.26. The first-order valence-electron chi connectivity index (χ1n) is 23.4. The Bertz CT molecular complexity index is 719. The Morgan fingerprint density at radius 3 is 0.618 bits per heavy atom. The lowest BCUT2D eigenvalue weighted by Gasteiger charge is -2.06. The normalized spacial score (nSPS) is 11.5. The Morgan fingerprint density at radius 2 is 0.473 bits per heavy atom. The minimum atomic E-state index is -4.67. The zero-order valence-corrected chi connectivity index (χ0v) is 37.2. The fourth-order valence-electron chi connectivity index (χ4n) is 6.77. The van der Waals surface area contributed by atoms with Crippen LogP contribution in [0.1, 0.15) is 245 Å². The van der Waals surface area contributed by atoms with Crippen LogP contribution in [0.5, 0.6) is 0 Å². The van der Waals surface area contributed by atoms with Crippen LogP contribution >= 0.6 is 0 Å². The van der Waals surface area contributed by atoms with Gasteiger partial charge in [0, 0.05) is 13.1 Å². The molecule has 0 aliphatic heterocycles. The summed E-state index contributed by atoms with van der Waals surface area (Å²) in [4.78, 5) is 0.